The van der Waals surface area contributed by atoms with Gasteiger partial charge in [0.1, 0.15) is 0 Å². The van der Waals surface area contributed by atoms with Crippen molar-refractivity contribution in [3.63, 3.8) is 0 Å². The van der Waals surface area contributed by atoms with Crippen molar-refractivity contribution in [2.24, 2.45) is 5.92 Å². The molecule has 0 saturated carbocycles. The number of benzene rings is 1. The van der Waals surface area contributed by atoms with Crippen LogP contribution in [0.1, 0.15) is 44.0 Å². The molecule has 1 aromatic rings. The molecule has 3 nitrogen and oxygen atoms in total. The molecule has 0 atom stereocenters. The van der Waals surface area contributed by atoms with Gasteiger partial charge in [0.15, 0.2) is 15.6 Å². The van der Waals surface area contributed by atoms with Crippen LogP contribution >= 0.6 is 0 Å². The Morgan fingerprint density at radius 1 is 1.17 bits per heavy atom. The molecule has 0 bridgehead atoms. The Hall–Kier alpha value is -1.16. The van der Waals surface area contributed by atoms with Crippen LogP contribution in [0.2, 0.25) is 0 Å². The van der Waals surface area contributed by atoms with E-state index in [9.17, 15) is 13.2 Å². The molecule has 0 saturated heterocycles. The molecule has 4 heteroatoms. The Labute approximate surface area is 109 Å². The second-order valence-electron chi connectivity index (χ2n) is 4.72. The van der Waals surface area contributed by atoms with Crippen LogP contribution < -0.4 is 0 Å². The van der Waals surface area contributed by atoms with Gasteiger partial charge in [0.25, 0.3) is 0 Å². The van der Waals surface area contributed by atoms with Crippen LogP contribution in [0.5, 0.6) is 0 Å². The van der Waals surface area contributed by atoms with Gasteiger partial charge in [-0.3, -0.25) is 4.79 Å². The van der Waals surface area contributed by atoms with Gasteiger partial charge in [-0.05, 0) is 18.6 Å². The highest BCUT2D eigenvalue weighted by Gasteiger charge is 2.15. The molecule has 100 valence electrons. The summed E-state index contributed by atoms with van der Waals surface area (Å²) < 4.78 is 23.8. The largest absolute Gasteiger partial charge is 0.294 e. The summed E-state index contributed by atoms with van der Waals surface area (Å²) >= 11 is 0. The van der Waals surface area contributed by atoms with Crippen LogP contribution in [0, 0.1) is 5.92 Å². The van der Waals surface area contributed by atoms with Gasteiger partial charge < -0.3 is 0 Å². The van der Waals surface area contributed by atoms with Gasteiger partial charge in [-0.25, -0.2) is 8.42 Å². The maximum Gasteiger partial charge on any atom is 0.178 e. The monoisotopic (exact) mass is 268 g/mol. The lowest BCUT2D eigenvalue weighted by atomic mass is 10.0. The fourth-order valence-corrected chi connectivity index (χ4v) is 3.07. The molecule has 0 aliphatic carbocycles. The van der Waals surface area contributed by atoms with Crippen molar-refractivity contribution in [1.82, 2.24) is 0 Å². The van der Waals surface area contributed by atoms with Gasteiger partial charge in [-0.2, -0.15) is 0 Å². The van der Waals surface area contributed by atoms with Crippen LogP contribution in [0.15, 0.2) is 29.2 Å². The molecule has 0 N–H and O–H groups in total. The van der Waals surface area contributed by atoms with Gasteiger partial charge >= 0.3 is 0 Å². The number of sulfone groups is 1. The molecular formula is C14H20O3S. The molecule has 0 spiro atoms. The maximum atomic E-state index is 11.9. The Bertz CT molecular complexity index is 498. The fraction of sp³-hybridized carbons (Fsp3) is 0.500. The first kappa shape index (κ1) is 14.9. The first-order valence-corrected chi connectivity index (χ1v) is 7.90. The highest BCUT2D eigenvalue weighted by atomic mass is 32.2. The summed E-state index contributed by atoms with van der Waals surface area (Å²) in [7, 11) is -3.20. The van der Waals surface area contributed by atoms with Crippen LogP contribution in [0.25, 0.3) is 0 Å². The van der Waals surface area contributed by atoms with Gasteiger partial charge in [-0.15, -0.1) is 0 Å². The van der Waals surface area contributed by atoms with Crippen molar-refractivity contribution in [3.8, 4) is 0 Å². The molecule has 0 aliphatic rings. The van der Waals surface area contributed by atoms with E-state index in [-0.39, 0.29) is 17.5 Å². The first-order chi connectivity index (χ1) is 8.38. The third-order valence-electron chi connectivity index (χ3n) is 2.79. The standard InChI is InChI=1S/C14H20O3S/c1-4-5-10-18(16,17)13-8-6-12(7-9-13)14(15)11(2)3/h6-9,11H,4-5,10H2,1-3H3. The minimum absolute atomic E-state index is 0.0347. The summed E-state index contributed by atoms with van der Waals surface area (Å²) in [5.41, 5.74) is 0.569. The summed E-state index contributed by atoms with van der Waals surface area (Å²) in [6, 6.07) is 6.25. The highest BCUT2D eigenvalue weighted by Crippen LogP contribution is 2.16. The second kappa shape index (κ2) is 6.14. The van der Waals surface area contributed by atoms with E-state index in [0.717, 1.165) is 6.42 Å². The second-order valence-corrected chi connectivity index (χ2v) is 6.82. The van der Waals surface area contributed by atoms with Crippen molar-refractivity contribution in [2.45, 2.75) is 38.5 Å². The third kappa shape index (κ3) is 3.67. The predicted molar refractivity (Wildman–Crippen MR) is 72.6 cm³/mol. The lowest BCUT2D eigenvalue weighted by Gasteiger charge is -2.06. The van der Waals surface area contributed by atoms with Crippen molar-refractivity contribution < 1.29 is 13.2 Å². The maximum absolute atomic E-state index is 11.9. The van der Waals surface area contributed by atoms with Gasteiger partial charge in [0.05, 0.1) is 10.6 Å². The van der Waals surface area contributed by atoms with E-state index in [1.54, 1.807) is 12.1 Å². The van der Waals surface area contributed by atoms with Gasteiger partial charge in [0, 0.05) is 11.5 Å². The Balaban J connectivity index is 2.93. The number of ketones is 1. The molecule has 18 heavy (non-hydrogen) atoms. The zero-order valence-corrected chi connectivity index (χ0v) is 12.0. The number of hydrogen-bond acceptors (Lipinski definition) is 3. The molecule has 0 unspecified atom stereocenters. The minimum atomic E-state index is -3.20. The number of carbonyl (C=O) groups is 1. The summed E-state index contributed by atoms with van der Waals surface area (Å²) in [6.07, 6.45) is 1.51. The fourth-order valence-electron chi connectivity index (χ4n) is 1.61. The smallest absolute Gasteiger partial charge is 0.178 e. The third-order valence-corrected chi connectivity index (χ3v) is 4.61. The lowest BCUT2D eigenvalue weighted by Crippen LogP contribution is -2.09. The Kier molecular flexibility index (Phi) is 5.08. The van der Waals surface area contributed by atoms with E-state index in [1.165, 1.54) is 12.1 Å². The normalized spacial score (nSPS) is 11.8. The van der Waals surface area contributed by atoms with Crippen molar-refractivity contribution in [2.75, 3.05) is 5.75 Å². The van der Waals surface area contributed by atoms with E-state index in [4.69, 9.17) is 0 Å². The number of carbonyl (C=O) groups excluding carboxylic acids is 1. The van der Waals surface area contributed by atoms with Crippen molar-refractivity contribution in [1.29, 1.82) is 0 Å². The molecule has 0 radical (unpaired) electrons. The minimum Gasteiger partial charge on any atom is -0.294 e. The number of rotatable bonds is 6. The average Bonchev–Trinajstić information content (AvgIpc) is 2.35. The van der Waals surface area contributed by atoms with E-state index in [1.807, 2.05) is 20.8 Å². The van der Waals surface area contributed by atoms with Crippen molar-refractivity contribution >= 4 is 15.6 Å². The van der Waals surface area contributed by atoms with Gasteiger partial charge in [-0.1, -0.05) is 39.3 Å². The summed E-state index contributed by atoms with van der Waals surface area (Å²) in [5, 5.41) is 0. The molecule has 0 fully saturated rings. The SMILES string of the molecule is CCCCS(=O)(=O)c1ccc(C(=O)C(C)C)cc1. The van der Waals surface area contributed by atoms with Crippen LogP contribution in [0.3, 0.4) is 0 Å². The topological polar surface area (TPSA) is 51.2 Å². The molecule has 1 rings (SSSR count). The van der Waals surface area contributed by atoms with Crippen LogP contribution in [0.4, 0.5) is 0 Å². The molecule has 1 aromatic carbocycles. The summed E-state index contributed by atoms with van der Waals surface area (Å²) in [5.74, 6) is 0.126. The van der Waals surface area contributed by atoms with E-state index in [2.05, 4.69) is 0 Å². The van der Waals surface area contributed by atoms with E-state index < -0.39 is 9.84 Å². The zero-order chi connectivity index (χ0) is 13.8. The van der Waals surface area contributed by atoms with Crippen molar-refractivity contribution in [3.05, 3.63) is 29.8 Å². The number of hydrogen-bond donors (Lipinski definition) is 0. The average molecular weight is 268 g/mol. The molecule has 0 heterocycles. The molecule has 0 amide bonds. The summed E-state index contributed by atoms with van der Waals surface area (Å²) in [4.78, 5) is 12.0. The Morgan fingerprint density at radius 3 is 2.17 bits per heavy atom. The first-order valence-electron chi connectivity index (χ1n) is 6.25. The van der Waals surface area contributed by atoms with E-state index >= 15 is 0 Å². The number of Topliss-reactive ketones (excluding diaryl/α,β-unsaturated/α-hetero) is 1. The van der Waals surface area contributed by atoms with Crippen LogP contribution in [-0.4, -0.2) is 20.0 Å². The number of unbranched alkanes of at least 4 members (excludes halogenated alkanes) is 1. The highest BCUT2D eigenvalue weighted by molar-refractivity contribution is 7.91. The Morgan fingerprint density at radius 2 is 1.72 bits per heavy atom. The molecule has 0 aromatic heterocycles. The van der Waals surface area contributed by atoms with E-state index in [0.29, 0.717) is 16.9 Å². The van der Waals surface area contributed by atoms with Crippen LogP contribution in [-0.2, 0) is 9.84 Å². The lowest BCUT2D eigenvalue weighted by molar-refractivity contribution is 0.0939. The summed E-state index contributed by atoms with van der Waals surface area (Å²) in [6.45, 7) is 5.61. The molecule has 0 aliphatic heterocycles. The zero-order valence-electron chi connectivity index (χ0n) is 11.1. The predicted octanol–water partition coefficient (Wildman–Crippen LogP) is 3.10. The quantitative estimate of drug-likeness (QED) is 0.745. The van der Waals surface area contributed by atoms with Gasteiger partial charge in [0.2, 0.25) is 0 Å². The molecular weight excluding hydrogens is 248 g/mol.